The highest BCUT2D eigenvalue weighted by Gasteiger charge is 2.21. The molecule has 130 valence electrons. The van der Waals surface area contributed by atoms with E-state index in [9.17, 15) is 0 Å². The third-order valence-corrected chi connectivity index (χ3v) is 4.32. The highest BCUT2D eigenvalue weighted by Crippen LogP contribution is 2.26. The molecule has 0 aliphatic heterocycles. The molecule has 1 heterocycles. The van der Waals surface area contributed by atoms with Gasteiger partial charge in [-0.25, -0.2) is 0 Å². The second kappa shape index (κ2) is 8.73. The van der Waals surface area contributed by atoms with Crippen molar-refractivity contribution in [2.45, 2.75) is 33.2 Å². The molecule has 4 nitrogen and oxygen atoms in total. The smallest absolute Gasteiger partial charge is 0.174 e. The Morgan fingerprint density at radius 2 is 1.96 bits per heavy atom. The number of para-hydroxylation sites is 2. The van der Waals surface area contributed by atoms with E-state index in [4.69, 9.17) is 21.4 Å². The lowest BCUT2D eigenvalue weighted by molar-refractivity contribution is 0.281. The van der Waals surface area contributed by atoms with Gasteiger partial charge < -0.3 is 19.4 Å². The number of benzene rings is 1. The maximum atomic E-state index is 5.68. The molecular formula is C19H26N2O2S. The van der Waals surface area contributed by atoms with Crippen LogP contribution in [0.3, 0.4) is 0 Å². The van der Waals surface area contributed by atoms with Crippen LogP contribution in [0.1, 0.15) is 39.0 Å². The maximum absolute atomic E-state index is 5.68. The van der Waals surface area contributed by atoms with Crippen molar-refractivity contribution in [3.05, 3.63) is 48.4 Å². The molecule has 1 aromatic carbocycles. The van der Waals surface area contributed by atoms with E-state index in [1.54, 1.807) is 13.4 Å². The van der Waals surface area contributed by atoms with Gasteiger partial charge in [0.25, 0.3) is 0 Å². The van der Waals surface area contributed by atoms with E-state index >= 15 is 0 Å². The first kappa shape index (κ1) is 18.3. The van der Waals surface area contributed by atoms with Crippen molar-refractivity contribution < 1.29 is 9.15 Å². The van der Waals surface area contributed by atoms with Crippen molar-refractivity contribution in [2.75, 3.05) is 19.0 Å². The molecular weight excluding hydrogens is 320 g/mol. The Morgan fingerprint density at radius 1 is 1.21 bits per heavy atom. The van der Waals surface area contributed by atoms with Crippen LogP contribution in [0.2, 0.25) is 0 Å². The maximum Gasteiger partial charge on any atom is 0.174 e. The second-order valence-electron chi connectivity index (χ2n) is 6.20. The van der Waals surface area contributed by atoms with Gasteiger partial charge >= 0.3 is 0 Å². The molecule has 1 atom stereocenters. The molecule has 0 saturated carbocycles. The van der Waals surface area contributed by atoms with Gasteiger partial charge in [0.05, 0.1) is 25.1 Å². The number of nitrogens with zero attached hydrogens (tertiary/aromatic N) is 1. The highest BCUT2D eigenvalue weighted by molar-refractivity contribution is 7.80. The van der Waals surface area contributed by atoms with Crippen molar-refractivity contribution in [1.82, 2.24) is 4.90 Å². The normalized spacial score (nSPS) is 12.0. The quantitative estimate of drug-likeness (QED) is 0.707. The summed E-state index contributed by atoms with van der Waals surface area (Å²) in [5.74, 6) is 2.28. The average molecular weight is 346 g/mol. The van der Waals surface area contributed by atoms with Crippen LogP contribution < -0.4 is 10.1 Å². The molecule has 0 radical (unpaired) electrons. The average Bonchev–Trinajstić information content (AvgIpc) is 3.09. The van der Waals surface area contributed by atoms with E-state index in [1.807, 2.05) is 36.4 Å². The monoisotopic (exact) mass is 346 g/mol. The van der Waals surface area contributed by atoms with Crippen molar-refractivity contribution in [1.29, 1.82) is 0 Å². The van der Waals surface area contributed by atoms with Gasteiger partial charge in [0, 0.05) is 6.54 Å². The summed E-state index contributed by atoms with van der Waals surface area (Å²) < 4.78 is 11.0. The molecule has 2 aromatic rings. The van der Waals surface area contributed by atoms with Gasteiger partial charge in [-0.3, -0.25) is 0 Å². The van der Waals surface area contributed by atoms with E-state index < -0.39 is 0 Å². The Hall–Kier alpha value is -2.01. The van der Waals surface area contributed by atoms with Gasteiger partial charge in [0.1, 0.15) is 11.5 Å². The van der Waals surface area contributed by atoms with Gasteiger partial charge in [0.2, 0.25) is 0 Å². The first-order chi connectivity index (χ1) is 11.5. The van der Waals surface area contributed by atoms with Crippen LogP contribution in [0, 0.1) is 5.92 Å². The largest absolute Gasteiger partial charge is 0.495 e. The molecule has 24 heavy (non-hydrogen) atoms. The molecule has 0 fully saturated rings. The lowest BCUT2D eigenvalue weighted by atomic mass is 10.1. The van der Waals surface area contributed by atoms with Crippen molar-refractivity contribution in [3.8, 4) is 5.75 Å². The van der Waals surface area contributed by atoms with Gasteiger partial charge in [-0.1, -0.05) is 26.0 Å². The molecule has 0 unspecified atom stereocenters. The Bertz CT molecular complexity index is 641. The minimum Gasteiger partial charge on any atom is -0.495 e. The molecule has 2 rings (SSSR count). The van der Waals surface area contributed by atoms with Crippen LogP contribution in [0.15, 0.2) is 47.1 Å². The van der Waals surface area contributed by atoms with Gasteiger partial charge in [-0.05, 0) is 55.7 Å². The number of furan rings is 1. The lowest BCUT2D eigenvalue weighted by Gasteiger charge is -2.31. The standard InChI is InChI=1S/C19H26N2O2S/c1-14(2)11-12-21(15(3)17-10-7-13-23-17)19(24)20-16-8-5-6-9-18(16)22-4/h5-10,13-15H,11-12H2,1-4H3,(H,20,24)/t15-/m0/s1. The Kier molecular flexibility index (Phi) is 6.67. The Balaban J connectivity index is 2.17. The highest BCUT2D eigenvalue weighted by atomic mass is 32.1. The Labute approximate surface area is 149 Å². The van der Waals surface area contributed by atoms with Crippen molar-refractivity contribution >= 4 is 23.0 Å². The predicted molar refractivity (Wildman–Crippen MR) is 102 cm³/mol. The number of hydrogen-bond donors (Lipinski definition) is 1. The fourth-order valence-electron chi connectivity index (χ4n) is 2.49. The van der Waals surface area contributed by atoms with Crippen molar-refractivity contribution in [3.63, 3.8) is 0 Å². The predicted octanol–water partition coefficient (Wildman–Crippen LogP) is 5.09. The van der Waals surface area contributed by atoms with E-state index in [0.717, 1.165) is 30.2 Å². The first-order valence-corrected chi connectivity index (χ1v) is 8.67. The number of methoxy groups -OCH3 is 1. The van der Waals surface area contributed by atoms with Crippen LogP contribution in [0.4, 0.5) is 5.69 Å². The summed E-state index contributed by atoms with van der Waals surface area (Å²) in [6.45, 7) is 7.40. The molecule has 1 aromatic heterocycles. The van der Waals surface area contributed by atoms with Crippen LogP contribution in [-0.2, 0) is 0 Å². The van der Waals surface area contributed by atoms with E-state index in [1.165, 1.54) is 0 Å². The summed E-state index contributed by atoms with van der Waals surface area (Å²) in [5.41, 5.74) is 0.867. The van der Waals surface area contributed by atoms with Crippen molar-refractivity contribution in [2.24, 2.45) is 5.92 Å². The minimum absolute atomic E-state index is 0.0634. The number of rotatable bonds is 7. The summed E-state index contributed by atoms with van der Waals surface area (Å²) in [6, 6.07) is 11.7. The molecule has 1 N–H and O–H groups in total. The van der Waals surface area contributed by atoms with E-state index in [0.29, 0.717) is 11.0 Å². The molecule has 0 aliphatic carbocycles. The molecule has 0 amide bonds. The zero-order valence-corrected chi connectivity index (χ0v) is 15.6. The molecule has 0 bridgehead atoms. The lowest BCUT2D eigenvalue weighted by Crippen LogP contribution is -2.38. The first-order valence-electron chi connectivity index (χ1n) is 8.27. The summed E-state index contributed by atoms with van der Waals surface area (Å²) in [6.07, 6.45) is 2.75. The van der Waals surface area contributed by atoms with Gasteiger partial charge in [0.15, 0.2) is 5.11 Å². The molecule has 0 saturated heterocycles. The van der Waals surface area contributed by atoms with Gasteiger partial charge in [-0.15, -0.1) is 0 Å². The number of thiocarbonyl (C=S) groups is 1. The van der Waals surface area contributed by atoms with Crippen LogP contribution in [-0.4, -0.2) is 23.7 Å². The third-order valence-electron chi connectivity index (χ3n) is 3.98. The zero-order chi connectivity index (χ0) is 17.5. The number of ether oxygens (including phenoxy) is 1. The zero-order valence-electron chi connectivity index (χ0n) is 14.8. The summed E-state index contributed by atoms with van der Waals surface area (Å²) in [4.78, 5) is 2.17. The topological polar surface area (TPSA) is 37.6 Å². The second-order valence-corrected chi connectivity index (χ2v) is 6.58. The molecule has 0 spiro atoms. The molecule has 0 aliphatic rings. The Morgan fingerprint density at radius 3 is 2.58 bits per heavy atom. The SMILES string of the molecule is COc1ccccc1NC(=S)N(CCC(C)C)[C@@H](C)c1ccco1. The summed E-state index contributed by atoms with van der Waals surface area (Å²) in [5, 5.41) is 3.99. The fourth-order valence-corrected chi connectivity index (χ4v) is 2.85. The third kappa shape index (κ3) is 4.74. The summed E-state index contributed by atoms with van der Waals surface area (Å²) in [7, 11) is 1.66. The number of anilines is 1. The van der Waals surface area contributed by atoms with Gasteiger partial charge in [-0.2, -0.15) is 0 Å². The van der Waals surface area contributed by atoms with E-state index in [2.05, 4.69) is 31.0 Å². The number of hydrogen-bond acceptors (Lipinski definition) is 3. The molecule has 5 heteroatoms. The van der Waals surface area contributed by atoms with Crippen LogP contribution in [0.25, 0.3) is 0 Å². The minimum atomic E-state index is 0.0634. The van der Waals surface area contributed by atoms with Crippen LogP contribution in [0.5, 0.6) is 5.75 Å². The van der Waals surface area contributed by atoms with Crippen LogP contribution >= 0.6 is 12.2 Å². The summed E-state index contributed by atoms with van der Waals surface area (Å²) >= 11 is 5.68. The van der Waals surface area contributed by atoms with E-state index in [-0.39, 0.29) is 6.04 Å². The fraction of sp³-hybridized carbons (Fsp3) is 0.421. The number of nitrogens with one attached hydrogen (secondary N) is 1.